The number of nitrogens with zero attached hydrogens (tertiary/aromatic N) is 2. The van der Waals surface area contributed by atoms with E-state index in [9.17, 15) is 0 Å². The Kier molecular flexibility index (Phi) is 3.56. The lowest BCUT2D eigenvalue weighted by molar-refractivity contribution is 0.448. The first kappa shape index (κ1) is 11.5. The number of benzene rings is 1. The summed E-state index contributed by atoms with van der Waals surface area (Å²) in [6.45, 7) is 1.98. The minimum atomic E-state index is 0.456. The van der Waals surface area contributed by atoms with Crippen LogP contribution in [0.4, 0.5) is 0 Å². The van der Waals surface area contributed by atoms with Gasteiger partial charge in [-0.3, -0.25) is 0 Å². The maximum absolute atomic E-state index is 5.65. The maximum Gasteiger partial charge on any atom is 0.253 e. The third kappa shape index (κ3) is 2.59. The zero-order valence-corrected chi connectivity index (χ0v) is 11.6. The third-order valence-corrected chi connectivity index (χ3v) is 2.94. The Morgan fingerprint density at radius 2 is 1.88 bits per heavy atom. The Hall–Kier alpha value is -0.940. The quantitative estimate of drug-likeness (QED) is 0.823. The normalized spacial score (nSPS) is 10.2. The van der Waals surface area contributed by atoms with Crippen LogP contribution in [0.15, 0.2) is 39.4 Å². The monoisotopic (exact) mass is 342 g/mol. The van der Waals surface area contributed by atoms with Crippen LogP contribution in [-0.4, -0.2) is 10.2 Å². The molecule has 0 aliphatic carbocycles. The fourth-order valence-corrected chi connectivity index (χ4v) is 2.17. The molecule has 0 N–H and O–H groups in total. The summed E-state index contributed by atoms with van der Waals surface area (Å²) in [5, 5.41) is 7.83. The Morgan fingerprint density at radius 1 is 1.12 bits per heavy atom. The minimum absolute atomic E-state index is 0.456. The van der Waals surface area contributed by atoms with Crippen molar-refractivity contribution in [2.45, 2.75) is 6.92 Å². The van der Waals surface area contributed by atoms with Crippen molar-refractivity contribution in [2.24, 2.45) is 0 Å². The number of ether oxygens (including phenoxy) is 1. The smallest absolute Gasteiger partial charge is 0.253 e. The van der Waals surface area contributed by atoms with Crippen LogP contribution < -0.4 is 4.74 Å². The molecular formula is C11H8Br2N2O. The van der Waals surface area contributed by atoms with Gasteiger partial charge in [0.2, 0.25) is 0 Å². The van der Waals surface area contributed by atoms with Gasteiger partial charge in [0.15, 0.2) is 0 Å². The van der Waals surface area contributed by atoms with Crippen LogP contribution in [0.25, 0.3) is 0 Å². The van der Waals surface area contributed by atoms with Crippen molar-refractivity contribution in [1.82, 2.24) is 10.2 Å². The third-order valence-electron chi connectivity index (χ3n) is 1.99. The average molecular weight is 344 g/mol. The summed E-state index contributed by atoms with van der Waals surface area (Å²) in [4.78, 5) is 0. The fraction of sp³-hybridized carbons (Fsp3) is 0.0909. The highest BCUT2D eigenvalue weighted by molar-refractivity contribution is 9.11. The van der Waals surface area contributed by atoms with Crippen LogP contribution in [0.1, 0.15) is 5.56 Å². The first-order valence-electron chi connectivity index (χ1n) is 4.59. The first-order chi connectivity index (χ1) is 7.66. The highest BCUT2D eigenvalue weighted by Gasteiger charge is 2.07. The summed E-state index contributed by atoms with van der Waals surface area (Å²) in [6.07, 6.45) is 0. The molecule has 0 radical (unpaired) electrons. The van der Waals surface area contributed by atoms with Crippen molar-refractivity contribution >= 4 is 31.9 Å². The highest BCUT2D eigenvalue weighted by Crippen LogP contribution is 2.29. The lowest BCUT2D eigenvalue weighted by atomic mass is 10.2. The number of halogens is 2. The van der Waals surface area contributed by atoms with Crippen LogP contribution >= 0.6 is 31.9 Å². The van der Waals surface area contributed by atoms with Crippen molar-refractivity contribution in [1.29, 1.82) is 0 Å². The van der Waals surface area contributed by atoms with Crippen LogP contribution in [0.3, 0.4) is 0 Å². The molecule has 82 valence electrons. The predicted molar refractivity (Wildman–Crippen MR) is 68.7 cm³/mol. The van der Waals surface area contributed by atoms with Crippen molar-refractivity contribution in [3.8, 4) is 11.6 Å². The van der Waals surface area contributed by atoms with Gasteiger partial charge in [-0.15, -0.1) is 10.2 Å². The zero-order valence-electron chi connectivity index (χ0n) is 8.45. The number of aryl methyl sites for hydroxylation is 1. The van der Waals surface area contributed by atoms with Gasteiger partial charge in [-0.25, -0.2) is 0 Å². The van der Waals surface area contributed by atoms with E-state index in [0.29, 0.717) is 10.5 Å². The van der Waals surface area contributed by atoms with E-state index in [-0.39, 0.29) is 0 Å². The summed E-state index contributed by atoms with van der Waals surface area (Å²) in [5.41, 5.74) is 1.05. The predicted octanol–water partition coefficient (Wildman–Crippen LogP) is 4.10. The molecule has 2 aromatic rings. The van der Waals surface area contributed by atoms with E-state index < -0.39 is 0 Å². The van der Waals surface area contributed by atoms with Gasteiger partial charge in [-0.05, 0) is 56.5 Å². The van der Waals surface area contributed by atoms with E-state index in [1.165, 1.54) is 0 Å². The van der Waals surface area contributed by atoms with E-state index in [0.717, 1.165) is 15.8 Å². The van der Waals surface area contributed by atoms with Crippen molar-refractivity contribution in [3.05, 3.63) is 45.0 Å². The molecule has 0 aliphatic rings. The molecule has 16 heavy (non-hydrogen) atoms. The molecule has 0 unspecified atom stereocenters. The maximum atomic E-state index is 5.65. The Morgan fingerprint density at radius 3 is 2.56 bits per heavy atom. The van der Waals surface area contributed by atoms with Gasteiger partial charge in [-0.2, -0.15) is 0 Å². The molecule has 0 saturated heterocycles. The molecule has 3 nitrogen and oxygen atoms in total. The molecule has 5 heteroatoms. The van der Waals surface area contributed by atoms with E-state index >= 15 is 0 Å². The Balaban J connectivity index is 2.31. The highest BCUT2D eigenvalue weighted by atomic mass is 79.9. The molecule has 0 spiro atoms. The number of aromatic nitrogens is 2. The van der Waals surface area contributed by atoms with Gasteiger partial charge in [-0.1, -0.05) is 18.2 Å². The van der Waals surface area contributed by atoms with Crippen molar-refractivity contribution < 1.29 is 4.74 Å². The fourth-order valence-electron chi connectivity index (χ4n) is 1.18. The zero-order chi connectivity index (χ0) is 11.5. The van der Waals surface area contributed by atoms with Gasteiger partial charge in [0, 0.05) is 0 Å². The lowest BCUT2D eigenvalue weighted by Gasteiger charge is -2.07. The minimum Gasteiger partial charge on any atom is -0.436 e. The second-order valence-corrected chi connectivity index (χ2v) is 4.85. The van der Waals surface area contributed by atoms with Crippen molar-refractivity contribution in [2.75, 3.05) is 0 Å². The molecule has 0 atom stereocenters. The summed E-state index contributed by atoms with van der Waals surface area (Å²) in [5.74, 6) is 1.23. The van der Waals surface area contributed by atoms with Crippen molar-refractivity contribution in [3.63, 3.8) is 0 Å². The average Bonchev–Trinajstić information content (AvgIpc) is 2.25. The topological polar surface area (TPSA) is 35.0 Å². The summed E-state index contributed by atoms with van der Waals surface area (Å²) < 4.78 is 7.08. The number of hydrogen-bond acceptors (Lipinski definition) is 3. The Bertz CT molecular complexity index is 517. The van der Waals surface area contributed by atoms with Gasteiger partial charge in [0.05, 0.1) is 4.47 Å². The van der Waals surface area contributed by atoms with Crippen LogP contribution in [0, 0.1) is 6.92 Å². The Labute approximate surface area is 110 Å². The van der Waals surface area contributed by atoms with E-state index in [4.69, 9.17) is 4.74 Å². The van der Waals surface area contributed by atoms with Gasteiger partial charge in [0.1, 0.15) is 10.4 Å². The molecule has 0 fully saturated rings. The molecule has 0 amide bonds. The van der Waals surface area contributed by atoms with E-state index in [1.807, 2.05) is 31.2 Å². The molecule has 1 aromatic carbocycles. The molecular weight excluding hydrogens is 336 g/mol. The molecule has 2 rings (SSSR count). The number of para-hydroxylation sites is 1. The molecule has 1 heterocycles. The number of hydrogen-bond donors (Lipinski definition) is 0. The standard InChI is InChI=1S/C11H8Br2N2O/c1-7-4-2-3-5-9(7)16-11-8(12)6-10(13)14-15-11/h2-6H,1H3. The van der Waals surface area contributed by atoms with E-state index in [1.54, 1.807) is 6.07 Å². The summed E-state index contributed by atoms with van der Waals surface area (Å²) >= 11 is 6.61. The van der Waals surface area contributed by atoms with Crippen LogP contribution in [-0.2, 0) is 0 Å². The summed E-state index contributed by atoms with van der Waals surface area (Å²) in [6, 6.07) is 9.55. The second-order valence-electron chi connectivity index (χ2n) is 3.19. The van der Waals surface area contributed by atoms with Crippen LogP contribution in [0.2, 0.25) is 0 Å². The van der Waals surface area contributed by atoms with Gasteiger partial charge < -0.3 is 4.74 Å². The molecule has 0 saturated carbocycles. The molecule has 0 bridgehead atoms. The van der Waals surface area contributed by atoms with Crippen LogP contribution in [0.5, 0.6) is 11.6 Å². The first-order valence-corrected chi connectivity index (χ1v) is 6.17. The van der Waals surface area contributed by atoms with Gasteiger partial charge >= 0.3 is 0 Å². The lowest BCUT2D eigenvalue weighted by Crippen LogP contribution is -1.93. The molecule has 0 aliphatic heterocycles. The second kappa shape index (κ2) is 4.93. The summed E-state index contributed by atoms with van der Waals surface area (Å²) in [7, 11) is 0. The number of rotatable bonds is 2. The van der Waals surface area contributed by atoms with Gasteiger partial charge in [0.25, 0.3) is 5.88 Å². The SMILES string of the molecule is Cc1ccccc1Oc1nnc(Br)cc1Br. The largest absolute Gasteiger partial charge is 0.436 e. The van der Waals surface area contributed by atoms with E-state index in [2.05, 4.69) is 42.1 Å². The molecule has 1 aromatic heterocycles.